The summed E-state index contributed by atoms with van der Waals surface area (Å²) in [6, 6.07) is 7.98. The van der Waals surface area contributed by atoms with Gasteiger partial charge < -0.3 is 10.1 Å². The summed E-state index contributed by atoms with van der Waals surface area (Å²) in [5, 5.41) is 7.62. The summed E-state index contributed by atoms with van der Waals surface area (Å²) in [5.41, 5.74) is 3.39. The minimum absolute atomic E-state index is 0.671. The van der Waals surface area contributed by atoms with Gasteiger partial charge in [0, 0.05) is 24.8 Å². The number of hydrogen-bond donors (Lipinski definition) is 1. The molecule has 1 aromatic heterocycles. The molecule has 1 aromatic carbocycles. The SMILES string of the molecule is CCOc1ccccc1NCc1cnn(C)c1C. The number of rotatable bonds is 5. The fourth-order valence-corrected chi connectivity index (χ4v) is 1.80. The number of hydrogen-bond acceptors (Lipinski definition) is 3. The highest BCUT2D eigenvalue weighted by atomic mass is 16.5. The van der Waals surface area contributed by atoms with E-state index in [2.05, 4.69) is 17.3 Å². The summed E-state index contributed by atoms with van der Waals surface area (Å²) in [4.78, 5) is 0. The van der Waals surface area contributed by atoms with Crippen molar-refractivity contribution in [3.63, 3.8) is 0 Å². The van der Waals surface area contributed by atoms with Crippen LogP contribution in [-0.4, -0.2) is 16.4 Å². The molecule has 4 nitrogen and oxygen atoms in total. The summed E-state index contributed by atoms with van der Waals surface area (Å²) in [7, 11) is 1.95. The lowest BCUT2D eigenvalue weighted by Crippen LogP contribution is -2.03. The molecule has 1 heterocycles. The molecule has 0 aliphatic carbocycles. The third-order valence-electron chi connectivity index (χ3n) is 2.99. The van der Waals surface area contributed by atoms with Crippen LogP contribution in [0.15, 0.2) is 30.5 Å². The van der Waals surface area contributed by atoms with Crippen LogP contribution in [0.3, 0.4) is 0 Å². The van der Waals surface area contributed by atoms with Crippen molar-refractivity contribution in [2.75, 3.05) is 11.9 Å². The lowest BCUT2D eigenvalue weighted by molar-refractivity contribution is 0.341. The van der Waals surface area contributed by atoms with E-state index < -0.39 is 0 Å². The van der Waals surface area contributed by atoms with Gasteiger partial charge in [-0.2, -0.15) is 5.10 Å². The summed E-state index contributed by atoms with van der Waals surface area (Å²) in [6.07, 6.45) is 1.89. The second-order valence-corrected chi connectivity index (χ2v) is 4.16. The number of benzene rings is 1. The molecule has 2 aromatic rings. The average molecular weight is 245 g/mol. The molecule has 0 amide bonds. The van der Waals surface area contributed by atoms with Gasteiger partial charge in [0.1, 0.15) is 5.75 Å². The van der Waals surface area contributed by atoms with Gasteiger partial charge in [0.25, 0.3) is 0 Å². The van der Waals surface area contributed by atoms with Crippen molar-refractivity contribution in [1.29, 1.82) is 0 Å². The number of para-hydroxylation sites is 2. The highest BCUT2D eigenvalue weighted by Gasteiger charge is 2.05. The van der Waals surface area contributed by atoms with E-state index >= 15 is 0 Å². The molecule has 0 aliphatic heterocycles. The van der Waals surface area contributed by atoms with Gasteiger partial charge in [-0.05, 0) is 26.0 Å². The summed E-state index contributed by atoms with van der Waals surface area (Å²) in [6.45, 7) is 5.48. The molecule has 18 heavy (non-hydrogen) atoms. The Morgan fingerprint density at radius 1 is 1.33 bits per heavy atom. The second-order valence-electron chi connectivity index (χ2n) is 4.16. The highest BCUT2D eigenvalue weighted by molar-refractivity contribution is 5.56. The zero-order valence-corrected chi connectivity index (χ0v) is 11.1. The number of ether oxygens (including phenoxy) is 1. The van der Waals surface area contributed by atoms with Gasteiger partial charge in [0.15, 0.2) is 0 Å². The van der Waals surface area contributed by atoms with Crippen molar-refractivity contribution in [2.24, 2.45) is 7.05 Å². The highest BCUT2D eigenvalue weighted by Crippen LogP contribution is 2.24. The predicted molar refractivity (Wildman–Crippen MR) is 72.9 cm³/mol. The maximum Gasteiger partial charge on any atom is 0.142 e. The standard InChI is InChI=1S/C14H19N3O/c1-4-18-14-8-6-5-7-13(14)15-9-12-10-16-17(3)11(12)2/h5-8,10,15H,4,9H2,1-3H3. The van der Waals surface area contributed by atoms with Crippen LogP contribution in [0.25, 0.3) is 0 Å². The lowest BCUT2D eigenvalue weighted by atomic mass is 10.2. The quantitative estimate of drug-likeness (QED) is 0.880. The van der Waals surface area contributed by atoms with Gasteiger partial charge in [-0.15, -0.1) is 0 Å². The molecule has 0 radical (unpaired) electrons. The smallest absolute Gasteiger partial charge is 0.142 e. The molecule has 0 spiro atoms. The van der Waals surface area contributed by atoms with Gasteiger partial charge in [0.2, 0.25) is 0 Å². The monoisotopic (exact) mass is 245 g/mol. The Kier molecular flexibility index (Phi) is 3.87. The van der Waals surface area contributed by atoms with Crippen molar-refractivity contribution in [3.8, 4) is 5.75 Å². The number of nitrogens with one attached hydrogen (secondary N) is 1. The van der Waals surface area contributed by atoms with Crippen molar-refractivity contribution in [3.05, 3.63) is 41.7 Å². The maximum absolute atomic E-state index is 5.58. The first-order valence-corrected chi connectivity index (χ1v) is 6.15. The molecule has 96 valence electrons. The first kappa shape index (κ1) is 12.5. The minimum Gasteiger partial charge on any atom is -0.492 e. The first-order valence-electron chi connectivity index (χ1n) is 6.15. The largest absolute Gasteiger partial charge is 0.492 e. The molecule has 0 fully saturated rings. The van der Waals surface area contributed by atoms with E-state index in [0.29, 0.717) is 6.61 Å². The Morgan fingerprint density at radius 2 is 2.11 bits per heavy atom. The normalized spacial score (nSPS) is 10.4. The number of nitrogens with zero attached hydrogens (tertiary/aromatic N) is 2. The molecule has 0 atom stereocenters. The third kappa shape index (κ3) is 2.64. The molecular weight excluding hydrogens is 226 g/mol. The summed E-state index contributed by atoms with van der Waals surface area (Å²) < 4.78 is 7.46. The van der Waals surface area contributed by atoms with Crippen LogP contribution in [-0.2, 0) is 13.6 Å². The van der Waals surface area contributed by atoms with E-state index in [1.807, 2.05) is 49.1 Å². The number of aryl methyl sites for hydroxylation is 1. The van der Waals surface area contributed by atoms with E-state index in [4.69, 9.17) is 4.74 Å². The Balaban J connectivity index is 2.08. The lowest BCUT2D eigenvalue weighted by Gasteiger charge is -2.11. The first-order chi connectivity index (χ1) is 8.72. The fraction of sp³-hybridized carbons (Fsp3) is 0.357. The van der Waals surface area contributed by atoms with Crippen LogP contribution in [0.4, 0.5) is 5.69 Å². The molecule has 0 aliphatic rings. The third-order valence-corrected chi connectivity index (χ3v) is 2.99. The Labute approximate surface area is 108 Å². The Bertz CT molecular complexity index is 520. The molecule has 0 bridgehead atoms. The second kappa shape index (κ2) is 5.58. The Hall–Kier alpha value is -1.97. The van der Waals surface area contributed by atoms with Crippen molar-refractivity contribution < 1.29 is 4.74 Å². The van der Waals surface area contributed by atoms with Crippen LogP contribution in [0.5, 0.6) is 5.75 Å². The van der Waals surface area contributed by atoms with Gasteiger partial charge in [0.05, 0.1) is 18.5 Å². The van der Waals surface area contributed by atoms with Crippen molar-refractivity contribution >= 4 is 5.69 Å². The van der Waals surface area contributed by atoms with Crippen molar-refractivity contribution in [2.45, 2.75) is 20.4 Å². The van der Waals surface area contributed by atoms with E-state index in [-0.39, 0.29) is 0 Å². The van der Waals surface area contributed by atoms with Gasteiger partial charge >= 0.3 is 0 Å². The van der Waals surface area contributed by atoms with Gasteiger partial charge in [-0.25, -0.2) is 0 Å². The number of anilines is 1. The summed E-state index contributed by atoms with van der Waals surface area (Å²) >= 11 is 0. The van der Waals surface area contributed by atoms with E-state index in [0.717, 1.165) is 18.0 Å². The molecular formula is C14H19N3O. The van der Waals surface area contributed by atoms with E-state index in [9.17, 15) is 0 Å². The zero-order chi connectivity index (χ0) is 13.0. The summed E-state index contributed by atoms with van der Waals surface area (Å²) in [5.74, 6) is 0.890. The van der Waals surface area contributed by atoms with Crippen LogP contribution in [0.2, 0.25) is 0 Å². The van der Waals surface area contributed by atoms with Crippen LogP contribution >= 0.6 is 0 Å². The predicted octanol–water partition coefficient (Wildman–Crippen LogP) is 2.74. The van der Waals surface area contributed by atoms with E-state index in [1.54, 1.807) is 0 Å². The zero-order valence-electron chi connectivity index (χ0n) is 11.1. The molecule has 1 N–H and O–H groups in total. The van der Waals surface area contributed by atoms with Crippen LogP contribution < -0.4 is 10.1 Å². The van der Waals surface area contributed by atoms with Crippen LogP contribution in [0.1, 0.15) is 18.2 Å². The molecule has 0 saturated heterocycles. The minimum atomic E-state index is 0.671. The molecule has 2 rings (SSSR count). The topological polar surface area (TPSA) is 39.1 Å². The maximum atomic E-state index is 5.58. The molecule has 0 unspecified atom stereocenters. The molecule has 4 heteroatoms. The van der Waals surface area contributed by atoms with Gasteiger partial charge in [-0.1, -0.05) is 12.1 Å². The fourth-order valence-electron chi connectivity index (χ4n) is 1.80. The van der Waals surface area contributed by atoms with Crippen LogP contribution in [0, 0.1) is 6.92 Å². The van der Waals surface area contributed by atoms with Crippen molar-refractivity contribution in [1.82, 2.24) is 9.78 Å². The number of aromatic nitrogens is 2. The average Bonchev–Trinajstić information content (AvgIpc) is 2.70. The Morgan fingerprint density at radius 3 is 2.78 bits per heavy atom. The van der Waals surface area contributed by atoms with Gasteiger partial charge in [-0.3, -0.25) is 4.68 Å². The van der Waals surface area contributed by atoms with E-state index in [1.165, 1.54) is 11.3 Å². The molecule has 0 saturated carbocycles.